The Kier molecular flexibility index (Phi) is 1.73. The van der Waals surface area contributed by atoms with Crippen molar-refractivity contribution in [2.45, 2.75) is 18.1 Å². The number of aromatic nitrogens is 2. The van der Waals surface area contributed by atoms with Crippen molar-refractivity contribution in [3.63, 3.8) is 0 Å². The van der Waals surface area contributed by atoms with Crippen LogP contribution in [0.2, 0.25) is 0 Å². The lowest BCUT2D eigenvalue weighted by molar-refractivity contribution is 0.501. The summed E-state index contributed by atoms with van der Waals surface area (Å²) in [6.45, 7) is 0. The molecular formula is C6H9N3OS. The number of nitrogens with two attached hydrogens (primary N) is 1. The maximum absolute atomic E-state index is 5.30. The molecule has 2 N–H and O–H groups in total. The van der Waals surface area contributed by atoms with E-state index in [4.69, 9.17) is 10.2 Å². The Morgan fingerprint density at radius 3 is 3.00 bits per heavy atom. The molecule has 0 aromatic carbocycles. The van der Waals surface area contributed by atoms with Crippen LogP contribution in [-0.2, 0) is 0 Å². The van der Waals surface area contributed by atoms with Crippen LogP contribution in [0.25, 0.3) is 0 Å². The predicted molar refractivity (Wildman–Crippen MR) is 43.1 cm³/mol. The second kappa shape index (κ2) is 2.73. The van der Waals surface area contributed by atoms with Crippen molar-refractivity contribution < 1.29 is 4.42 Å². The van der Waals surface area contributed by atoms with Gasteiger partial charge in [-0.25, -0.2) is 0 Å². The third-order valence-electron chi connectivity index (χ3n) is 1.66. The van der Waals surface area contributed by atoms with Gasteiger partial charge in [0.1, 0.15) is 0 Å². The lowest BCUT2D eigenvalue weighted by Gasteiger charge is -1.98. The summed E-state index contributed by atoms with van der Waals surface area (Å²) in [6.07, 6.45) is 2.36. The summed E-state index contributed by atoms with van der Waals surface area (Å²) in [5, 5.41) is 7.83. The highest BCUT2D eigenvalue weighted by Crippen LogP contribution is 2.39. The molecule has 0 aliphatic carbocycles. The number of hydrogen-bond donors (Lipinski definition) is 1. The Labute approximate surface area is 68.6 Å². The Morgan fingerprint density at radius 1 is 1.55 bits per heavy atom. The number of nitrogens with zero attached hydrogens (tertiary/aromatic N) is 2. The molecule has 1 aliphatic rings. The zero-order valence-corrected chi connectivity index (χ0v) is 6.80. The standard InChI is InChI=1S/C6H9N3OS/c7-6-9-8-5(10-6)4-2-1-3-11-4/h4H,1-3H2,(H2,7,9). The number of nitrogen functional groups attached to an aromatic ring is 1. The van der Waals surface area contributed by atoms with Crippen LogP contribution in [0.4, 0.5) is 6.01 Å². The number of thioether (sulfide) groups is 1. The third kappa shape index (κ3) is 1.33. The highest BCUT2D eigenvalue weighted by molar-refractivity contribution is 7.99. The van der Waals surface area contributed by atoms with E-state index in [0.29, 0.717) is 11.1 Å². The molecule has 1 aliphatic heterocycles. The van der Waals surface area contributed by atoms with E-state index in [1.54, 1.807) is 0 Å². The minimum absolute atomic E-state index is 0.174. The molecule has 1 unspecified atom stereocenters. The largest absolute Gasteiger partial charge is 0.407 e. The first kappa shape index (κ1) is 6.97. The molecule has 11 heavy (non-hydrogen) atoms. The van der Waals surface area contributed by atoms with Gasteiger partial charge in [0.15, 0.2) is 0 Å². The zero-order valence-electron chi connectivity index (χ0n) is 5.99. The van der Waals surface area contributed by atoms with Crippen molar-refractivity contribution in [2.24, 2.45) is 0 Å². The molecule has 0 radical (unpaired) electrons. The third-order valence-corrected chi connectivity index (χ3v) is 3.03. The smallest absolute Gasteiger partial charge is 0.312 e. The van der Waals surface area contributed by atoms with Gasteiger partial charge in [0.2, 0.25) is 5.89 Å². The van der Waals surface area contributed by atoms with Gasteiger partial charge < -0.3 is 10.2 Å². The monoisotopic (exact) mass is 171 g/mol. The molecule has 1 aromatic rings. The van der Waals surface area contributed by atoms with E-state index in [0.717, 1.165) is 6.42 Å². The molecule has 4 nitrogen and oxygen atoms in total. The predicted octanol–water partition coefficient (Wildman–Crippen LogP) is 1.22. The first-order chi connectivity index (χ1) is 5.36. The van der Waals surface area contributed by atoms with Crippen molar-refractivity contribution in [1.82, 2.24) is 10.2 Å². The van der Waals surface area contributed by atoms with Crippen molar-refractivity contribution >= 4 is 17.8 Å². The van der Waals surface area contributed by atoms with Gasteiger partial charge in [-0.2, -0.15) is 0 Å². The van der Waals surface area contributed by atoms with Crippen molar-refractivity contribution in [2.75, 3.05) is 11.5 Å². The summed E-state index contributed by atoms with van der Waals surface area (Å²) in [4.78, 5) is 0. The molecule has 2 rings (SSSR count). The van der Waals surface area contributed by atoms with E-state index < -0.39 is 0 Å². The first-order valence-corrected chi connectivity index (χ1v) is 4.61. The lowest BCUT2D eigenvalue weighted by atomic mass is 10.2. The van der Waals surface area contributed by atoms with Crippen LogP contribution in [0.5, 0.6) is 0 Å². The summed E-state index contributed by atoms with van der Waals surface area (Å²) in [5.41, 5.74) is 5.30. The second-order valence-electron chi connectivity index (χ2n) is 2.48. The van der Waals surface area contributed by atoms with Gasteiger partial charge in [-0.15, -0.1) is 16.9 Å². The van der Waals surface area contributed by atoms with E-state index >= 15 is 0 Å². The Morgan fingerprint density at radius 2 is 2.45 bits per heavy atom. The minimum Gasteiger partial charge on any atom is -0.407 e. The fraction of sp³-hybridized carbons (Fsp3) is 0.667. The zero-order chi connectivity index (χ0) is 7.68. The summed E-state index contributed by atoms with van der Waals surface area (Å²) < 4.78 is 5.10. The molecule has 0 bridgehead atoms. The molecule has 1 fully saturated rings. The molecule has 1 aromatic heterocycles. The SMILES string of the molecule is Nc1nnc(C2CCCS2)o1. The van der Waals surface area contributed by atoms with Crippen molar-refractivity contribution in [3.8, 4) is 0 Å². The van der Waals surface area contributed by atoms with Gasteiger partial charge in [-0.05, 0) is 18.6 Å². The number of rotatable bonds is 1. The van der Waals surface area contributed by atoms with E-state index in [1.165, 1.54) is 12.2 Å². The van der Waals surface area contributed by atoms with E-state index in [-0.39, 0.29) is 6.01 Å². The molecular weight excluding hydrogens is 162 g/mol. The normalized spacial score (nSPS) is 24.2. The maximum Gasteiger partial charge on any atom is 0.312 e. The van der Waals surface area contributed by atoms with E-state index in [2.05, 4.69) is 10.2 Å². The average molecular weight is 171 g/mol. The maximum atomic E-state index is 5.30. The summed E-state index contributed by atoms with van der Waals surface area (Å²) in [6, 6.07) is 0.174. The molecule has 0 amide bonds. The van der Waals surface area contributed by atoms with Crippen molar-refractivity contribution in [1.29, 1.82) is 0 Å². The molecule has 60 valence electrons. The van der Waals surface area contributed by atoms with Gasteiger partial charge in [-0.3, -0.25) is 0 Å². The summed E-state index contributed by atoms with van der Waals surface area (Å²) >= 11 is 1.86. The molecule has 1 atom stereocenters. The highest BCUT2D eigenvalue weighted by Gasteiger charge is 2.22. The molecule has 5 heteroatoms. The van der Waals surface area contributed by atoms with Gasteiger partial charge in [0.25, 0.3) is 0 Å². The molecule has 2 heterocycles. The second-order valence-corrected chi connectivity index (χ2v) is 3.79. The van der Waals surface area contributed by atoms with Crippen molar-refractivity contribution in [3.05, 3.63) is 5.89 Å². The molecule has 0 saturated carbocycles. The van der Waals surface area contributed by atoms with Crippen LogP contribution in [0.1, 0.15) is 24.0 Å². The van der Waals surface area contributed by atoms with Crippen LogP contribution in [0, 0.1) is 0 Å². The first-order valence-electron chi connectivity index (χ1n) is 3.57. The average Bonchev–Trinajstić information content (AvgIpc) is 2.55. The van der Waals surface area contributed by atoms with Gasteiger partial charge in [0.05, 0.1) is 5.25 Å². The highest BCUT2D eigenvalue weighted by atomic mass is 32.2. The van der Waals surface area contributed by atoms with Crippen LogP contribution in [-0.4, -0.2) is 16.0 Å². The lowest BCUT2D eigenvalue weighted by Crippen LogP contribution is -1.87. The Hall–Kier alpha value is -0.710. The van der Waals surface area contributed by atoms with E-state index in [9.17, 15) is 0 Å². The summed E-state index contributed by atoms with van der Waals surface area (Å²) in [5.74, 6) is 1.87. The summed E-state index contributed by atoms with van der Waals surface area (Å²) in [7, 11) is 0. The Bertz CT molecular complexity index is 244. The fourth-order valence-electron chi connectivity index (χ4n) is 1.15. The van der Waals surface area contributed by atoms with Crippen LogP contribution in [0.15, 0.2) is 4.42 Å². The minimum atomic E-state index is 0.174. The van der Waals surface area contributed by atoms with Gasteiger partial charge in [0, 0.05) is 0 Å². The van der Waals surface area contributed by atoms with Gasteiger partial charge in [-0.1, -0.05) is 5.10 Å². The topological polar surface area (TPSA) is 64.9 Å². The Balaban J connectivity index is 2.15. The van der Waals surface area contributed by atoms with Crippen LogP contribution < -0.4 is 5.73 Å². The number of hydrogen-bond acceptors (Lipinski definition) is 5. The van der Waals surface area contributed by atoms with Crippen LogP contribution >= 0.6 is 11.8 Å². The van der Waals surface area contributed by atoms with E-state index in [1.807, 2.05) is 11.8 Å². The van der Waals surface area contributed by atoms with Crippen LogP contribution in [0.3, 0.4) is 0 Å². The quantitative estimate of drug-likeness (QED) is 0.688. The fourth-order valence-corrected chi connectivity index (χ4v) is 2.34. The van der Waals surface area contributed by atoms with Gasteiger partial charge >= 0.3 is 6.01 Å². The number of anilines is 1. The molecule has 1 saturated heterocycles. The molecule has 0 spiro atoms.